The van der Waals surface area contributed by atoms with Crippen molar-refractivity contribution in [1.82, 2.24) is 9.47 Å². The molecule has 0 fully saturated rings. The molecule has 0 aliphatic heterocycles. The van der Waals surface area contributed by atoms with Gasteiger partial charge in [-0.1, -0.05) is 61.2 Å². The molecule has 0 saturated carbocycles. The highest BCUT2D eigenvalue weighted by molar-refractivity contribution is 6.31. The van der Waals surface area contributed by atoms with Gasteiger partial charge in [-0.15, -0.1) is 0 Å². The number of anilines is 1. The molecule has 2 aromatic carbocycles. The average molecular weight is 442 g/mol. The minimum absolute atomic E-state index is 0.0117. The van der Waals surface area contributed by atoms with Crippen LogP contribution in [0.5, 0.6) is 0 Å². The highest BCUT2D eigenvalue weighted by atomic mass is 35.5. The van der Waals surface area contributed by atoms with E-state index in [9.17, 15) is 9.18 Å². The second-order valence-corrected chi connectivity index (χ2v) is 8.21. The van der Waals surface area contributed by atoms with Crippen LogP contribution < -0.4 is 5.32 Å². The topological polar surface area (TPSA) is 37.3 Å². The first-order valence-corrected chi connectivity index (χ1v) is 11.0. The minimum atomic E-state index is -0.506. The van der Waals surface area contributed by atoms with Crippen LogP contribution in [-0.4, -0.2) is 22.0 Å². The number of aromatic nitrogens is 1. The van der Waals surface area contributed by atoms with Crippen molar-refractivity contribution in [2.45, 2.75) is 46.2 Å². The third kappa shape index (κ3) is 6.59. The summed E-state index contributed by atoms with van der Waals surface area (Å²) in [6, 6.07) is 16.5. The molecule has 0 aliphatic rings. The Hall–Kier alpha value is -2.79. The van der Waals surface area contributed by atoms with Crippen LogP contribution in [0.1, 0.15) is 43.0 Å². The third-order valence-electron chi connectivity index (χ3n) is 5.20. The first-order chi connectivity index (χ1) is 15.0. The molecule has 3 aromatic rings. The number of carbonyl (C=O) groups excluding carboxylic acids is 1. The largest absolute Gasteiger partial charge is 0.345 e. The molecule has 0 aliphatic carbocycles. The molecule has 31 heavy (non-hydrogen) atoms. The number of aryl methyl sites for hydroxylation is 1. The molecule has 0 bridgehead atoms. The highest BCUT2D eigenvalue weighted by Gasteiger charge is 2.16. The molecule has 6 heteroatoms. The molecule has 1 heterocycles. The Morgan fingerprint density at radius 2 is 1.97 bits per heavy atom. The maximum atomic E-state index is 13.4. The summed E-state index contributed by atoms with van der Waals surface area (Å²) in [4.78, 5) is 14.8. The fourth-order valence-corrected chi connectivity index (χ4v) is 3.71. The summed E-state index contributed by atoms with van der Waals surface area (Å²) in [5.41, 5.74) is 3.99. The van der Waals surface area contributed by atoms with E-state index in [1.54, 1.807) is 4.90 Å². The number of unbranched alkanes of at least 4 members (excludes halogenated alkanes) is 2. The Bertz CT molecular complexity index is 1020. The van der Waals surface area contributed by atoms with Gasteiger partial charge in [-0.25, -0.2) is 9.18 Å². The zero-order valence-corrected chi connectivity index (χ0v) is 18.8. The van der Waals surface area contributed by atoms with E-state index in [1.165, 1.54) is 29.3 Å². The summed E-state index contributed by atoms with van der Waals surface area (Å²) in [7, 11) is 0. The molecule has 3 rings (SSSR count). The number of benzene rings is 2. The summed E-state index contributed by atoms with van der Waals surface area (Å²) in [5, 5.41) is 2.84. The molecule has 2 amide bonds. The quantitative estimate of drug-likeness (QED) is 0.362. The molecule has 1 aromatic heterocycles. The molecule has 0 radical (unpaired) electrons. The number of amides is 2. The van der Waals surface area contributed by atoms with Crippen LogP contribution in [0, 0.1) is 12.7 Å². The van der Waals surface area contributed by atoms with Crippen molar-refractivity contribution in [2.75, 3.05) is 11.9 Å². The van der Waals surface area contributed by atoms with Gasteiger partial charge in [0.25, 0.3) is 0 Å². The number of halogens is 2. The van der Waals surface area contributed by atoms with E-state index in [1.807, 2.05) is 18.3 Å². The standard InChI is InChI=1S/C25H29ClFN3O/c1-3-4-5-13-30(25(31)28-21-11-12-24(27)23(26)16-21)18-22-10-7-14-29(22)17-20-9-6-8-19(2)15-20/h6-12,14-16H,3-5,13,17-18H2,1-2H3,(H,28,31). The van der Waals surface area contributed by atoms with E-state index in [0.29, 0.717) is 18.8 Å². The Balaban J connectivity index is 1.74. The summed E-state index contributed by atoms with van der Waals surface area (Å²) < 4.78 is 15.6. The molecule has 1 N–H and O–H groups in total. The van der Waals surface area contributed by atoms with Gasteiger partial charge in [0.2, 0.25) is 0 Å². The molecular weight excluding hydrogens is 413 g/mol. The molecule has 0 spiro atoms. The molecule has 0 unspecified atom stereocenters. The second kappa shape index (κ2) is 11.0. The number of nitrogens with one attached hydrogen (secondary N) is 1. The van der Waals surface area contributed by atoms with Crippen LogP contribution in [0.15, 0.2) is 60.8 Å². The molecule has 0 atom stereocenters. The van der Waals surface area contributed by atoms with Gasteiger partial charge in [-0.05, 0) is 49.2 Å². The van der Waals surface area contributed by atoms with Crippen LogP contribution in [0.2, 0.25) is 5.02 Å². The summed E-state index contributed by atoms with van der Waals surface area (Å²) in [5.74, 6) is -0.506. The number of hydrogen-bond acceptors (Lipinski definition) is 1. The lowest BCUT2D eigenvalue weighted by molar-refractivity contribution is 0.206. The lowest BCUT2D eigenvalue weighted by Gasteiger charge is -2.24. The van der Waals surface area contributed by atoms with E-state index in [-0.39, 0.29) is 11.1 Å². The van der Waals surface area contributed by atoms with Gasteiger partial charge >= 0.3 is 6.03 Å². The van der Waals surface area contributed by atoms with Crippen LogP contribution in [0.3, 0.4) is 0 Å². The van der Waals surface area contributed by atoms with Gasteiger partial charge in [0, 0.05) is 30.7 Å². The molecule has 164 valence electrons. The number of carbonyl (C=O) groups is 1. The smallest absolute Gasteiger partial charge is 0.322 e. The van der Waals surface area contributed by atoms with Crippen LogP contribution in [0.4, 0.5) is 14.9 Å². The summed E-state index contributed by atoms with van der Waals surface area (Å²) in [6.07, 6.45) is 5.09. The van der Waals surface area contributed by atoms with Crippen LogP contribution >= 0.6 is 11.6 Å². The van der Waals surface area contributed by atoms with Gasteiger partial charge in [0.15, 0.2) is 0 Å². The first-order valence-electron chi connectivity index (χ1n) is 10.7. The second-order valence-electron chi connectivity index (χ2n) is 7.80. The van der Waals surface area contributed by atoms with Crippen molar-refractivity contribution in [3.8, 4) is 0 Å². The fraction of sp³-hybridized carbons (Fsp3) is 0.320. The minimum Gasteiger partial charge on any atom is -0.345 e. The fourth-order valence-electron chi connectivity index (χ4n) is 3.53. The summed E-state index contributed by atoms with van der Waals surface area (Å²) >= 11 is 5.86. The van der Waals surface area contributed by atoms with E-state index >= 15 is 0 Å². The van der Waals surface area contributed by atoms with E-state index < -0.39 is 5.82 Å². The zero-order chi connectivity index (χ0) is 22.2. The number of rotatable bonds is 9. The monoisotopic (exact) mass is 441 g/mol. The molecule has 0 saturated heterocycles. The van der Waals surface area contributed by atoms with Crippen molar-refractivity contribution in [2.24, 2.45) is 0 Å². The Kier molecular flexibility index (Phi) is 8.13. The molecule has 4 nitrogen and oxygen atoms in total. The van der Waals surface area contributed by atoms with Gasteiger partial charge in [-0.3, -0.25) is 0 Å². The van der Waals surface area contributed by atoms with Gasteiger partial charge in [0.1, 0.15) is 5.82 Å². The average Bonchev–Trinajstić information content (AvgIpc) is 3.16. The van der Waals surface area contributed by atoms with E-state index in [0.717, 1.165) is 31.5 Å². The maximum absolute atomic E-state index is 13.4. The SMILES string of the molecule is CCCCCN(Cc1cccn1Cc1cccc(C)c1)C(=O)Nc1ccc(F)c(Cl)c1. The van der Waals surface area contributed by atoms with Crippen LogP contribution in [-0.2, 0) is 13.1 Å². The predicted molar refractivity (Wildman–Crippen MR) is 125 cm³/mol. The van der Waals surface area contributed by atoms with Gasteiger partial charge in [0.05, 0.1) is 11.6 Å². The Morgan fingerprint density at radius 1 is 1.13 bits per heavy atom. The van der Waals surface area contributed by atoms with Gasteiger partial charge in [-0.2, -0.15) is 0 Å². The Morgan fingerprint density at radius 3 is 2.71 bits per heavy atom. The van der Waals surface area contributed by atoms with Crippen molar-refractivity contribution in [3.05, 3.63) is 88.5 Å². The van der Waals surface area contributed by atoms with Crippen molar-refractivity contribution in [1.29, 1.82) is 0 Å². The highest BCUT2D eigenvalue weighted by Crippen LogP contribution is 2.20. The van der Waals surface area contributed by atoms with Crippen LogP contribution in [0.25, 0.3) is 0 Å². The number of urea groups is 1. The zero-order valence-electron chi connectivity index (χ0n) is 18.1. The summed E-state index contributed by atoms with van der Waals surface area (Å²) in [6.45, 7) is 6.11. The van der Waals surface area contributed by atoms with Crippen molar-refractivity contribution < 1.29 is 9.18 Å². The van der Waals surface area contributed by atoms with Gasteiger partial charge < -0.3 is 14.8 Å². The first kappa shape index (κ1) is 22.9. The molecular formula is C25H29ClFN3O. The van der Waals surface area contributed by atoms with E-state index in [4.69, 9.17) is 11.6 Å². The van der Waals surface area contributed by atoms with Crippen molar-refractivity contribution in [3.63, 3.8) is 0 Å². The Labute approximate surface area is 188 Å². The lowest BCUT2D eigenvalue weighted by atomic mass is 10.1. The van der Waals surface area contributed by atoms with Crippen molar-refractivity contribution >= 4 is 23.3 Å². The predicted octanol–water partition coefficient (Wildman–Crippen LogP) is 6.86. The normalized spacial score (nSPS) is 10.8. The maximum Gasteiger partial charge on any atom is 0.322 e. The third-order valence-corrected chi connectivity index (χ3v) is 5.49. The number of hydrogen-bond donors (Lipinski definition) is 1. The lowest BCUT2D eigenvalue weighted by Crippen LogP contribution is -2.36. The number of nitrogens with zero attached hydrogens (tertiary/aromatic N) is 2. The van der Waals surface area contributed by atoms with E-state index in [2.05, 4.69) is 48.0 Å².